The van der Waals surface area contributed by atoms with Crippen molar-refractivity contribution in [2.45, 2.75) is 20.3 Å². The first-order valence-electron chi connectivity index (χ1n) is 9.14. The lowest BCUT2D eigenvalue weighted by Crippen LogP contribution is -2.27. The van der Waals surface area contributed by atoms with E-state index in [1.807, 2.05) is 38.1 Å². The number of carbonyl (C=O) groups is 2. The van der Waals surface area contributed by atoms with Crippen molar-refractivity contribution in [3.63, 3.8) is 0 Å². The average Bonchev–Trinajstić information content (AvgIpc) is 3.08. The SMILES string of the molecule is COCCCNC(=O)c1nc(C(=O)Nc2ccc(C)c(C)c2)c2ccccn12. The summed E-state index contributed by atoms with van der Waals surface area (Å²) in [6.45, 7) is 5.04. The van der Waals surface area contributed by atoms with Crippen molar-refractivity contribution in [1.82, 2.24) is 14.7 Å². The fraction of sp³-hybridized carbons (Fsp3) is 0.286. The fourth-order valence-electron chi connectivity index (χ4n) is 2.87. The van der Waals surface area contributed by atoms with Crippen LogP contribution in [0.25, 0.3) is 5.52 Å². The number of ether oxygens (including phenoxy) is 1. The predicted molar refractivity (Wildman–Crippen MR) is 108 cm³/mol. The molecule has 0 saturated heterocycles. The van der Waals surface area contributed by atoms with Gasteiger partial charge in [-0.25, -0.2) is 4.98 Å². The summed E-state index contributed by atoms with van der Waals surface area (Å²) in [7, 11) is 1.62. The number of pyridine rings is 1. The van der Waals surface area contributed by atoms with E-state index in [2.05, 4.69) is 15.6 Å². The predicted octanol–water partition coefficient (Wildman–Crippen LogP) is 2.97. The number of methoxy groups -OCH3 is 1. The maximum Gasteiger partial charge on any atom is 0.287 e. The van der Waals surface area contributed by atoms with Gasteiger partial charge in [0.15, 0.2) is 5.69 Å². The highest BCUT2D eigenvalue weighted by Crippen LogP contribution is 2.18. The van der Waals surface area contributed by atoms with Crippen LogP contribution in [-0.4, -0.2) is 41.5 Å². The van der Waals surface area contributed by atoms with Crippen molar-refractivity contribution in [1.29, 1.82) is 0 Å². The fourth-order valence-corrected chi connectivity index (χ4v) is 2.87. The van der Waals surface area contributed by atoms with E-state index < -0.39 is 0 Å². The van der Waals surface area contributed by atoms with E-state index in [1.54, 1.807) is 29.8 Å². The number of rotatable bonds is 7. The van der Waals surface area contributed by atoms with Crippen LogP contribution in [0, 0.1) is 13.8 Å². The number of nitrogens with zero attached hydrogens (tertiary/aromatic N) is 2. The molecule has 2 amide bonds. The third-order valence-corrected chi connectivity index (χ3v) is 4.54. The van der Waals surface area contributed by atoms with Crippen molar-refractivity contribution in [3.05, 3.63) is 65.2 Å². The Morgan fingerprint density at radius 1 is 1.11 bits per heavy atom. The number of hydrogen-bond acceptors (Lipinski definition) is 4. The number of amides is 2. The lowest BCUT2D eigenvalue weighted by Gasteiger charge is -2.06. The maximum atomic E-state index is 12.8. The number of aromatic nitrogens is 2. The van der Waals surface area contributed by atoms with Crippen molar-refractivity contribution in [3.8, 4) is 0 Å². The normalized spacial score (nSPS) is 10.8. The number of imidazole rings is 1. The molecule has 146 valence electrons. The molecule has 0 unspecified atom stereocenters. The Morgan fingerprint density at radius 2 is 1.93 bits per heavy atom. The zero-order chi connectivity index (χ0) is 20.1. The molecule has 2 aromatic heterocycles. The second-order valence-electron chi connectivity index (χ2n) is 6.60. The first-order chi connectivity index (χ1) is 13.5. The largest absolute Gasteiger partial charge is 0.385 e. The first-order valence-corrected chi connectivity index (χ1v) is 9.14. The van der Waals surface area contributed by atoms with Crippen molar-refractivity contribution in [2.24, 2.45) is 0 Å². The van der Waals surface area contributed by atoms with Gasteiger partial charge in [0.05, 0.1) is 5.52 Å². The van der Waals surface area contributed by atoms with Crippen molar-refractivity contribution >= 4 is 23.0 Å². The average molecular weight is 380 g/mol. The molecule has 1 aromatic carbocycles. The van der Waals surface area contributed by atoms with E-state index in [0.717, 1.165) is 11.1 Å². The maximum absolute atomic E-state index is 12.8. The molecule has 2 heterocycles. The minimum atomic E-state index is -0.356. The van der Waals surface area contributed by atoms with Gasteiger partial charge in [-0.1, -0.05) is 12.1 Å². The van der Waals surface area contributed by atoms with E-state index in [0.29, 0.717) is 30.8 Å². The molecule has 0 aliphatic carbocycles. The minimum absolute atomic E-state index is 0.179. The van der Waals surface area contributed by atoms with Crippen LogP contribution < -0.4 is 10.6 Å². The minimum Gasteiger partial charge on any atom is -0.385 e. The van der Waals surface area contributed by atoms with Gasteiger partial charge < -0.3 is 15.4 Å². The van der Waals surface area contributed by atoms with Crippen LogP contribution in [0.1, 0.15) is 38.7 Å². The molecule has 0 atom stereocenters. The molecule has 0 saturated carbocycles. The third kappa shape index (κ3) is 4.20. The number of anilines is 1. The molecule has 7 heteroatoms. The van der Waals surface area contributed by atoms with Gasteiger partial charge in [0.2, 0.25) is 5.82 Å². The molecule has 7 nitrogen and oxygen atoms in total. The van der Waals surface area contributed by atoms with Gasteiger partial charge in [0, 0.05) is 32.1 Å². The second-order valence-corrected chi connectivity index (χ2v) is 6.60. The Labute approximate surface area is 163 Å². The molecular formula is C21H24N4O3. The Balaban J connectivity index is 1.85. The number of aryl methyl sites for hydroxylation is 2. The molecule has 0 bridgehead atoms. The molecular weight excluding hydrogens is 356 g/mol. The highest BCUT2D eigenvalue weighted by molar-refractivity contribution is 6.09. The molecule has 3 aromatic rings. The Morgan fingerprint density at radius 3 is 2.68 bits per heavy atom. The highest BCUT2D eigenvalue weighted by Gasteiger charge is 2.21. The molecule has 0 aliphatic heterocycles. The highest BCUT2D eigenvalue weighted by atomic mass is 16.5. The number of hydrogen-bond donors (Lipinski definition) is 2. The van der Waals surface area contributed by atoms with Crippen molar-refractivity contribution < 1.29 is 14.3 Å². The molecule has 0 radical (unpaired) electrons. The topological polar surface area (TPSA) is 84.7 Å². The number of carbonyl (C=O) groups excluding carboxylic acids is 2. The summed E-state index contributed by atoms with van der Waals surface area (Å²) in [4.78, 5) is 29.7. The van der Waals surface area contributed by atoms with E-state index in [-0.39, 0.29) is 23.3 Å². The second kappa shape index (κ2) is 8.67. The standard InChI is InChI=1S/C21H24N4O3/c1-14-8-9-16(13-15(14)2)23-20(26)18-17-7-4-5-11-25(17)19(24-18)21(27)22-10-6-12-28-3/h4-5,7-9,11,13H,6,10,12H2,1-3H3,(H,22,27)(H,23,26). The van der Waals surface area contributed by atoms with Crippen LogP contribution in [0.15, 0.2) is 42.6 Å². The summed E-state index contributed by atoms with van der Waals surface area (Å²) in [6, 6.07) is 11.1. The Bertz CT molecular complexity index is 1010. The summed E-state index contributed by atoms with van der Waals surface area (Å²) in [5.74, 6) is -0.508. The molecule has 3 rings (SSSR count). The van der Waals surface area contributed by atoms with Crippen LogP contribution in [0.5, 0.6) is 0 Å². The van der Waals surface area contributed by atoms with E-state index in [9.17, 15) is 9.59 Å². The molecule has 0 spiro atoms. The quantitative estimate of drug-likeness (QED) is 0.617. The molecule has 0 aliphatic rings. The summed E-state index contributed by atoms with van der Waals surface area (Å²) >= 11 is 0. The van der Waals surface area contributed by atoms with Gasteiger partial charge in [0.25, 0.3) is 11.8 Å². The van der Waals surface area contributed by atoms with E-state index in [4.69, 9.17) is 4.74 Å². The monoisotopic (exact) mass is 380 g/mol. The zero-order valence-electron chi connectivity index (χ0n) is 16.3. The van der Waals surface area contributed by atoms with Crippen LogP contribution in [-0.2, 0) is 4.74 Å². The molecule has 0 fully saturated rings. The van der Waals surface area contributed by atoms with E-state index >= 15 is 0 Å². The Hall–Kier alpha value is -3.19. The van der Waals surface area contributed by atoms with Crippen LogP contribution >= 0.6 is 0 Å². The summed E-state index contributed by atoms with van der Waals surface area (Å²) in [6.07, 6.45) is 2.42. The Kier molecular flexibility index (Phi) is 6.06. The third-order valence-electron chi connectivity index (χ3n) is 4.54. The van der Waals surface area contributed by atoms with Crippen LogP contribution in [0.4, 0.5) is 5.69 Å². The lowest BCUT2D eigenvalue weighted by atomic mass is 10.1. The smallest absolute Gasteiger partial charge is 0.287 e. The first kappa shape index (κ1) is 19.6. The lowest BCUT2D eigenvalue weighted by molar-refractivity contribution is 0.0937. The number of benzene rings is 1. The van der Waals surface area contributed by atoms with Crippen LogP contribution in [0.3, 0.4) is 0 Å². The van der Waals surface area contributed by atoms with Gasteiger partial charge in [0.1, 0.15) is 0 Å². The summed E-state index contributed by atoms with van der Waals surface area (Å²) < 4.78 is 6.61. The van der Waals surface area contributed by atoms with Gasteiger partial charge >= 0.3 is 0 Å². The number of nitrogens with one attached hydrogen (secondary N) is 2. The van der Waals surface area contributed by atoms with Crippen LogP contribution in [0.2, 0.25) is 0 Å². The van der Waals surface area contributed by atoms with Crippen molar-refractivity contribution in [2.75, 3.05) is 25.6 Å². The van der Waals surface area contributed by atoms with E-state index in [1.165, 1.54) is 0 Å². The molecule has 2 N–H and O–H groups in total. The molecule has 28 heavy (non-hydrogen) atoms. The summed E-state index contributed by atoms with van der Waals surface area (Å²) in [5.41, 5.74) is 3.71. The zero-order valence-corrected chi connectivity index (χ0v) is 16.3. The summed E-state index contributed by atoms with van der Waals surface area (Å²) in [5, 5.41) is 5.68. The van der Waals surface area contributed by atoms with Gasteiger partial charge in [-0.2, -0.15) is 0 Å². The number of fused-ring (bicyclic) bond motifs is 1. The van der Waals surface area contributed by atoms with Gasteiger partial charge in [-0.15, -0.1) is 0 Å². The van der Waals surface area contributed by atoms with Gasteiger partial charge in [-0.3, -0.25) is 14.0 Å². The van der Waals surface area contributed by atoms with Gasteiger partial charge in [-0.05, 0) is 55.7 Å².